The minimum absolute atomic E-state index is 0.286. The molecule has 5 heteroatoms. The zero-order chi connectivity index (χ0) is 15.6. The molecule has 1 N–H and O–H groups in total. The maximum atomic E-state index is 5.71. The first-order valence-electron chi connectivity index (χ1n) is 8.14. The van der Waals surface area contributed by atoms with Crippen molar-refractivity contribution in [1.29, 1.82) is 0 Å². The summed E-state index contributed by atoms with van der Waals surface area (Å²) in [5, 5.41) is 3.38. The van der Waals surface area contributed by atoms with E-state index in [1.165, 1.54) is 0 Å². The Hall–Kier alpha value is -1.30. The molecule has 0 aliphatic carbocycles. The van der Waals surface area contributed by atoms with E-state index >= 15 is 0 Å². The lowest BCUT2D eigenvalue weighted by atomic mass is 10.3. The van der Waals surface area contributed by atoms with E-state index in [1.54, 1.807) is 0 Å². The number of nitrogens with one attached hydrogen (secondary N) is 1. The SMILES string of the molecule is CCCOc1ccc(OCCNC[C@H]2CN(C)CCO2)cc1. The number of hydrogen-bond donors (Lipinski definition) is 1. The van der Waals surface area contributed by atoms with Gasteiger partial charge in [0.05, 0.1) is 19.3 Å². The zero-order valence-electron chi connectivity index (χ0n) is 13.7. The average Bonchev–Trinajstić information content (AvgIpc) is 2.54. The van der Waals surface area contributed by atoms with Gasteiger partial charge in [0.25, 0.3) is 0 Å². The minimum Gasteiger partial charge on any atom is -0.494 e. The molecule has 0 saturated carbocycles. The van der Waals surface area contributed by atoms with Gasteiger partial charge in [-0.25, -0.2) is 0 Å². The Balaban J connectivity index is 1.56. The fourth-order valence-electron chi connectivity index (χ4n) is 2.35. The summed E-state index contributed by atoms with van der Waals surface area (Å²) < 4.78 is 16.9. The second kappa shape index (κ2) is 9.66. The first kappa shape index (κ1) is 17.1. The van der Waals surface area contributed by atoms with Crippen LogP contribution < -0.4 is 14.8 Å². The molecule has 1 atom stereocenters. The highest BCUT2D eigenvalue weighted by atomic mass is 16.5. The lowest BCUT2D eigenvalue weighted by Crippen LogP contribution is -2.45. The molecule has 2 rings (SSSR count). The molecule has 1 aliphatic heterocycles. The van der Waals surface area contributed by atoms with Crippen LogP contribution in [-0.2, 0) is 4.74 Å². The highest BCUT2D eigenvalue weighted by Crippen LogP contribution is 2.17. The molecule has 5 nitrogen and oxygen atoms in total. The first-order chi connectivity index (χ1) is 10.8. The van der Waals surface area contributed by atoms with Crippen LogP contribution in [0.1, 0.15) is 13.3 Å². The van der Waals surface area contributed by atoms with Crippen molar-refractivity contribution in [2.24, 2.45) is 0 Å². The molecule has 1 aliphatic rings. The Labute approximate surface area is 133 Å². The number of morpholine rings is 1. The van der Waals surface area contributed by atoms with Crippen molar-refractivity contribution < 1.29 is 14.2 Å². The Bertz CT molecular complexity index is 411. The van der Waals surface area contributed by atoms with Gasteiger partial charge in [0, 0.05) is 26.2 Å². The Morgan fingerprint density at radius 3 is 2.50 bits per heavy atom. The van der Waals surface area contributed by atoms with Gasteiger partial charge < -0.3 is 24.4 Å². The summed E-state index contributed by atoms with van der Waals surface area (Å²) in [7, 11) is 2.13. The fraction of sp³-hybridized carbons (Fsp3) is 0.647. The van der Waals surface area contributed by atoms with Crippen LogP contribution in [0.2, 0.25) is 0 Å². The summed E-state index contributed by atoms with van der Waals surface area (Å²) in [6.45, 7) is 8.03. The van der Waals surface area contributed by atoms with E-state index < -0.39 is 0 Å². The lowest BCUT2D eigenvalue weighted by molar-refractivity contribution is -0.0182. The molecule has 0 amide bonds. The Kier molecular flexibility index (Phi) is 7.49. The van der Waals surface area contributed by atoms with E-state index in [1.807, 2.05) is 24.3 Å². The van der Waals surface area contributed by atoms with E-state index in [4.69, 9.17) is 14.2 Å². The van der Waals surface area contributed by atoms with Crippen LogP contribution in [0.5, 0.6) is 11.5 Å². The molecule has 0 bridgehead atoms. The monoisotopic (exact) mass is 308 g/mol. The first-order valence-corrected chi connectivity index (χ1v) is 8.14. The largest absolute Gasteiger partial charge is 0.494 e. The Morgan fingerprint density at radius 1 is 1.18 bits per heavy atom. The van der Waals surface area contributed by atoms with Crippen LogP contribution in [0.3, 0.4) is 0 Å². The molecule has 1 aromatic carbocycles. The van der Waals surface area contributed by atoms with E-state index in [-0.39, 0.29) is 6.10 Å². The average molecular weight is 308 g/mol. The van der Waals surface area contributed by atoms with Gasteiger partial charge in [0.1, 0.15) is 18.1 Å². The van der Waals surface area contributed by atoms with Gasteiger partial charge in [-0.05, 0) is 37.7 Å². The molecule has 0 unspecified atom stereocenters. The predicted molar refractivity (Wildman–Crippen MR) is 87.8 cm³/mol. The predicted octanol–water partition coefficient (Wildman–Crippen LogP) is 1.77. The van der Waals surface area contributed by atoms with Crippen molar-refractivity contribution in [3.63, 3.8) is 0 Å². The van der Waals surface area contributed by atoms with Crippen molar-refractivity contribution in [1.82, 2.24) is 10.2 Å². The van der Waals surface area contributed by atoms with Gasteiger partial charge in [0.15, 0.2) is 0 Å². The topological polar surface area (TPSA) is 43.0 Å². The van der Waals surface area contributed by atoms with E-state index in [2.05, 4.69) is 24.2 Å². The number of nitrogens with zero attached hydrogens (tertiary/aromatic N) is 1. The molecule has 1 heterocycles. The van der Waals surface area contributed by atoms with Crippen molar-refractivity contribution in [2.45, 2.75) is 19.4 Å². The molecule has 1 saturated heterocycles. The normalized spacial score (nSPS) is 19.1. The lowest BCUT2D eigenvalue weighted by Gasteiger charge is -2.30. The van der Waals surface area contributed by atoms with Crippen LogP contribution in [0.25, 0.3) is 0 Å². The molecule has 0 aromatic heterocycles. The van der Waals surface area contributed by atoms with Crippen LogP contribution in [0.4, 0.5) is 0 Å². The van der Waals surface area contributed by atoms with Gasteiger partial charge >= 0.3 is 0 Å². The summed E-state index contributed by atoms with van der Waals surface area (Å²) in [5.74, 6) is 1.77. The minimum atomic E-state index is 0.286. The molecular formula is C17H28N2O3. The smallest absolute Gasteiger partial charge is 0.119 e. The molecule has 124 valence electrons. The van der Waals surface area contributed by atoms with E-state index in [0.717, 1.165) is 57.3 Å². The molecule has 1 fully saturated rings. The molecule has 22 heavy (non-hydrogen) atoms. The number of hydrogen-bond acceptors (Lipinski definition) is 5. The van der Waals surface area contributed by atoms with Crippen LogP contribution in [0.15, 0.2) is 24.3 Å². The van der Waals surface area contributed by atoms with Crippen molar-refractivity contribution in [3.05, 3.63) is 24.3 Å². The highest BCUT2D eigenvalue weighted by molar-refractivity contribution is 5.31. The van der Waals surface area contributed by atoms with Gasteiger partial charge in [-0.15, -0.1) is 0 Å². The molecule has 0 radical (unpaired) electrons. The third kappa shape index (κ3) is 6.22. The number of rotatable bonds is 9. The quantitative estimate of drug-likeness (QED) is 0.704. The third-order valence-electron chi connectivity index (χ3n) is 3.56. The number of benzene rings is 1. The van der Waals surface area contributed by atoms with Crippen molar-refractivity contribution >= 4 is 0 Å². The number of likely N-dealkylation sites (N-methyl/N-ethyl adjacent to an activating group) is 1. The summed E-state index contributed by atoms with van der Waals surface area (Å²) in [6, 6.07) is 7.79. The summed E-state index contributed by atoms with van der Waals surface area (Å²) in [6.07, 6.45) is 1.30. The van der Waals surface area contributed by atoms with Gasteiger partial charge in [-0.3, -0.25) is 0 Å². The summed E-state index contributed by atoms with van der Waals surface area (Å²) in [4.78, 5) is 2.30. The van der Waals surface area contributed by atoms with Crippen molar-refractivity contribution in [2.75, 3.05) is 53.0 Å². The van der Waals surface area contributed by atoms with Gasteiger partial charge in [-0.2, -0.15) is 0 Å². The molecule has 1 aromatic rings. The highest BCUT2D eigenvalue weighted by Gasteiger charge is 2.16. The summed E-state index contributed by atoms with van der Waals surface area (Å²) >= 11 is 0. The zero-order valence-corrected chi connectivity index (χ0v) is 13.7. The third-order valence-corrected chi connectivity index (χ3v) is 3.56. The van der Waals surface area contributed by atoms with Crippen LogP contribution >= 0.6 is 0 Å². The van der Waals surface area contributed by atoms with Crippen molar-refractivity contribution in [3.8, 4) is 11.5 Å². The molecule has 0 spiro atoms. The van der Waals surface area contributed by atoms with E-state index in [0.29, 0.717) is 6.61 Å². The second-order valence-corrected chi connectivity index (χ2v) is 5.63. The second-order valence-electron chi connectivity index (χ2n) is 5.63. The van der Waals surface area contributed by atoms with Gasteiger partial charge in [0.2, 0.25) is 0 Å². The fourth-order valence-corrected chi connectivity index (χ4v) is 2.35. The summed E-state index contributed by atoms with van der Waals surface area (Å²) in [5.41, 5.74) is 0. The molecular weight excluding hydrogens is 280 g/mol. The number of ether oxygens (including phenoxy) is 3. The maximum Gasteiger partial charge on any atom is 0.119 e. The Morgan fingerprint density at radius 2 is 1.86 bits per heavy atom. The van der Waals surface area contributed by atoms with Crippen LogP contribution in [0, 0.1) is 0 Å². The van der Waals surface area contributed by atoms with E-state index in [9.17, 15) is 0 Å². The standard InChI is InChI=1S/C17H28N2O3/c1-3-10-20-15-4-6-16(7-5-15)21-11-8-18-13-17-14-19(2)9-12-22-17/h4-7,17-18H,3,8-14H2,1-2H3/t17-/m0/s1. The van der Waals surface area contributed by atoms with Gasteiger partial charge in [-0.1, -0.05) is 6.92 Å². The maximum absolute atomic E-state index is 5.71. The van der Waals surface area contributed by atoms with Crippen LogP contribution in [-0.4, -0.2) is 64.1 Å².